The predicted octanol–water partition coefficient (Wildman–Crippen LogP) is 1.93. The Morgan fingerprint density at radius 3 is 2.10 bits per heavy atom. The number of carbonyl (C=O) groups is 2. The van der Waals surface area contributed by atoms with Crippen molar-refractivity contribution in [3.8, 4) is 0 Å². The van der Waals surface area contributed by atoms with Gasteiger partial charge in [-0.05, 0) is 31.9 Å². The first-order valence-corrected chi connectivity index (χ1v) is 6.73. The maximum atomic E-state index is 12.6. The molecule has 5 heteroatoms. The summed E-state index contributed by atoms with van der Waals surface area (Å²) in [6, 6.07) is 7.16. The van der Waals surface area contributed by atoms with E-state index in [1.807, 2.05) is 32.9 Å². The van der Waals surface area contributed by atoms with E-state index in [1.165, 1.54) is 4.90 Å². The van der Waals surface area contributed by atoms with Crippen LogP contribution in [0.5, 0.6) is 0 Å². The van der Waals surface area contributed by atoms with Gasteiger partial charge in [-0.25, -0.2) is 0 Å². The average molecular weight is 278 g/mol. The molecule has 0 saturated heterocycles. The molecule has 0 fully saturated rings. The van der Waals surface area contributed by atoms with Crippen LogP contribution in [0.2, 0.25) is 0 Å². The highest BCUT2D eigenvalue weighted by Crippen LogP contribution is 2.22. The van der Waals surface area contributed by atoms with Crippen molar-refractivity contribution in [1.29, 1.82) is 0 Å². The summed E-state index contributed by atoms with van der Waals surface area (Å²) in [4.78, 5) is 24.9. The van der Waals surface area contributed by atoms with E-state index in [0.717, 1.165) is 5.56 Å². The molecule has 1 aromatic rings. The van der Waals surface area contributed by atoms with Crippen molar-refractivity contribution in [3.63, 3.8) is 0 Å². The summed E-state index contributed by atoms with van der Waals surface area (Å²) >= 11 is 0. The number of carboxylic acid groups (broad SMARTS) is 1. The van der Waals surface area contributed by atoms with Gasteiger partial charge in [0.25, 0.3) is 0 Å². The van der Waals surface area contributed by atoms with E-state index in [9.17, 15) is 9.59 Å². The van der Waals surface area contributed by atoms with Gasteiger partial charge in [0.05, 0.1) is 5.54 Å². The zero-order valence-corrected chi connectivity index (χ0v) is 12.2. The van der Waals surface area contributed by atoms with Gasteiger partial charge in [0.15, 0.2) is 0 Å². The van der Waals surface area contributed by atoms with Gasteiger partial charge in [-0.1, -0.05) is 31.5 Å². The third-order valence-electron chi connectivity index (χ3n) is 3.57. The molecule has 3 N–H and O–H groups in total. The van der Waals surface area contributed by atoms with Crippen molar-refractivity contribution >= 4 is 17.6 Å². The van der Waals surface area contributed by atoms with Gasteiger partial charge in [-0.3, -0.25) is 14.5 Å². The second-order valence-corrected chi connectivity index (χ2v) is 4.98. The van der Waals surface area contributed by atoms with E-state index in [2.05, 4.69) is 0 Å². The van der Waals surface area contributed by atoms with E-state index in [-0.39, 0.29) is 12.5 Å². The first kappa shape index (κ1) is 16.2. The number of nitrogens with zero attached hydrogens (tertiary/aromatic N) is 1. The van der Waals surface area contributed by atoms with Crippen LogP contribution in [0.1, 0.15) is 32.3 Å². The molecule has 0 saturated carbocycles. The monoisotopic (exact) mass is 278 g/mol. The molecule has 0 aliphatic rings. The highest BCUT2D eigenvalue weighted by molar-refractivity contribution is 6.02. The smallest absolute Gasteiger partial charge is 0.323 e. The Kier molecular flexibility index (Phi) is 5.27. The molecule has 5 nitrogen and oxygen atoms in total. The molecule has 0 aromatic heterocycles. The molecule has 0 aliphatic carbocycles. The minimum atomic E-state index is -1.06. The number of hydrogen-bond donors (Lipinski definition) is 2. The Labute approximate surface area is 119 Å². The van der Waals surface area contributed by atoms with Gasteiger partial charge < -0.3 is 10.8 Å². The number of aliphatic carboxylic acids is 1. The molecule has 1 amide bonds. The van der Waals surface area contributed by atoms with Crippen LogP contribution in [-0.2, 0) is 9.59 Å². The molecule has 0 unspecified atom stereocenters. The number of benzene rings is 1. The number of nitrogens with two attached hydrogens (primary N) is 1. The van der Waals surface area contributed by atoms with Crippen LogP contribution in [-0.4, -0.2) is 29.1 Å². The zero-order valence-electron chi connectivity index (χ0n) is 12.2. The van der Waals surface area contributed by atoms with Crippen molar-refractivity contribution in [3.05, 3.63) is 29.8 Å². The molecule has 1 aromatic carbocycles. The van der Waals surface area contributed by atoms with Crippen LogP contribution in [0.15, 0.2) is 24.3 Å². The average Bonchev–Trinajstić information content (AvgIpc) is 2.44. The fourth-order valence-corrected chi connectivity index (χ4v) is 1.96. The first-order valence-electron chi connectivity index (χ1n) is 6.73. The van der Waals surface area contributed by atoms with Gasteiger partial charge in [0.1, 0.15) is 6.54 Å². The Morgan fingerprint density at radius 1 is 1.20 bits per heavy atom. The number of amides is 1. The minimum absolute atomic E-state index is 0.353. The van der Waals surface area contributed by atoms with Crippen LogP contribution < -0.4 is 10.6 Å². The van der Waals surface area contributed by atoms with Crippen molar-refractivity contribution < 1.29 is 14.7 Å². The molecular weight excluding hydrogens is 256 g/mol. The lowest BCUT2D eigenvalue weighted by atomic mass is 9.92. The quantitative estimate of drug-likeness (QED) is 0.832. The topological polar surface area (TPSA) is 83.6 Å². The summed E-state index contributed by atoms with van der Waals surface area (Å²) in [5.74, 6) is -1.41. The molecule has 1 rings (SSSR count). The van der Waals surface area contributed by atoms with Crippen LogP contribution in [0, 0.1) is 6.92 Å². The minimum Gasteiger partial charge on any atom is -0.480 e. The molecular formula is C15H22N2O3. The lowest BCUT2D eigenvalue weighted by molar-refractivity contribution is -0.137. The highest BCUT2D eigenvalue weighted by Gasteiger charge is 2.35. The largest absolute Gasteiger partial charge is 0.480 e. The molecule has 0 radical (unpaired) electrons. The van der Waals surface area contributed by atoms with Gasteiger partial charge in [-0.2, -0.15) is 0 Å². The summed E-state index contributed by atoms with van der Waals surface area (Å²) in [5, 5.41) is 9.03. The normalized spacial score (nSPS) is 11.2. The summed E-state index contributed by atoms with van der Waals surface area (Å²) in [7, 11) is 0. The van der Waals surface area contributed by atoms with Crippen molar-refractivity contribution in [1.82, 2.24) is 0 Å². The van der Waals surface area contributed by atoms with Crippen LogP contribution in [0.3, 0.4) is 0 Å². The number of carboxylic acids is 1. The van der Waals surface area contributed by atoms with Crippen LogP contribution in [0.25, 0.3) is 0 Å². The second-order valence-electron chi connectivity index (χ2n) is 4.98. The van der Waals surface area contributed by atoms with E-state index in [4.69, 9.17) is 10.8 Å². The third kappa shape index (κ3) is 3.57. The SMILES string of the molecule is CCC(N)(CC)C(=O)N(CC(=O)O)c1ccc(C)cc1. The standard InChI is InChI=1S/C15H22N2O3/c1-4-15(16,5-2)14(20)17(10-13(18)19)12-8-6-11(3)7-9-12/h6-9H,4-5,10,16H2,1-3H3,(H,18,19). The maximum absolute atomic E-state index is 12.6. The van der Waals surface area contributed by atoms with Gasteiger partial charge in [-0.15, -0.1) is 0 Å². The summed E-state index contributed by atoms with van der Waals surface area (Å²) in [6.07, 6.45) is 0.925. The van der Waals surface area contributed by atoms with Crippen LogP contribution >= 0.6 is 0 Å². The van der Waals surface area contributed by atoms with E-state index >= 15 is 0 Å². The lowest BCUT2D eigenvalue weighted by Gasteiger charge is -2.32. The number of rotatable bonds is 6. The first-order chi connectivity index (χ1) is 9.34. The third-order valence-corrected chi connectivity index (χ3v) is 3.57. The maximum Gasteiger partial charge on any atom is 0.323 e. The van der Waals surface area contributed by atoms with Crippen molar-refractivity contribution in [2.45, 2.75) is 39.2 Å². The predicted molar refractivity (Wildman–Crippen MR) is 78.7 cm³/mol. The number of anilines is 1. The molecule has 20 heavy (non-hydrogen) atoms. The van der Waals surface area contributed by atoms with Gasteiger partial charge in [0, 0.05) is 5.69 Å². The van der Waals surface area contributed by atoms with Gasteiger partial charge >= 0.3 is 5.97 Å². The number of aryl methyl sites for hydroxylation is 1. The van der Waals surface area contributed by atoms with E-state index < -0.39 is 11.5 Å². The van der Waals surface area contributed by atoms with Crippen molar-refractivity contribution in [2.75, 3.05) is 11.4 Å². The summed E-state index contributed by atoms with van der Waals surface area (Å²) in [6.45, 7) is 5.20. The molecule has 0 bridgehead atoms. The Bertz CT molecular complexity index is 478. The Morgan fingerprint density at radius 2 is 1.70 bits per heavy atom. The van der Waals surface area contributed by atoms with Crippen LogP contribution in [0.4, 0.5) is 5.69 Å². The zero-order chi connectivity index (χ0) is 15.3. The highest BCUT2D eigenvalue weighted by atomic mass is 16.4. The molecule has 0 heterocycles. The van der Waals surface area contributed by atoms with E-state index in [1.54, 1.807) is 12.1 Å². The van der Waals surface area contributed by atoms with Crippen molar-refractivity contribution in [2.24, 2.45) is 5.73 Å². The second kappa shape index (κ2) is 6.52. The lowest BCUT2D eigenvalue weighted by Crippen LogP contribution is -2.56. The molecule has 0 aliphatic heterocycles. The number of carbonyl (C=O) groups excluding carboxylic acids is 1. The number of hydrogen-bond acceptors (Lipinski definition) is 3. The fraction of sp³-hybridized carbons (Fsp3) is 0.467. The Balaban J connectivity index is 3.15. The van der Waals surface area contributed by atoms with Gasteiger partial charge in [0.2, 0.25) is 5.91 Å². The molecule has 0 spiro atoms. The molecule has 110 valence electrons. The Hall–Kier alpha value is -1.88. The summed E-state index contributed by atoms with van der Waals surface area (Å²) < 4.78 is 0. The molecule has 0 atom stereocenters. The fourth-order valence-electron chi connectivity index (χ4n) is 1.96. The van der Waals surface area contributed by atoms with E-state index in [0.29, 0.717) is 18.5 Å². The summed E-state index contributed by atoms with van der Waals surface area (Å²) in [5.41, 5.74) is 6.67.